The highest BCUT2D eigenvalue weighted by atomic mass is 19.1. The van der Waals surface area contributed by atoms with E-state index < -0.39 is 0 Å². The predicted octanol–water partition coefficient (Wildman–Crippen LogP) is 3.19. The van der Waals surface area contributed by atoms with E-state index in [9.17, 15) is 9.18 Å². The van der Waals surface area contributed by atoms with E-state index in [2.05, 4.69) is 10.6 Å². The second-order valence-electron chi connectivity index (χ2n) is 4.59. The van der Waals surface area contributed by atoms with Crippen molar-refractivity contribution in [2.75, 3.05) is 24.3 Å². The van der Waals surface area contributed by atoms with Crippen molar-refractivity contribution in [1.82, 2.24) is 0 Å². The molecule has 0 bridgehead atoms. The number of hydrogen-bond donors (Lipinski definition) is 2. The lowest BCUT2D eigenvalue weighted by molar-refractivity contribution is -0.114. The van der Waals surface area contributed by atoms with Crippen LogP contribution < -0.4 is 15.4 Å². The van der Waals surface area contributed by atoms with Gasteiger partial charge in [0.15, 0.2) is 0 Å². The average molecular weight is 288 g/mol. The van der Waals surface area contributed by atoms with Crippen LogP contribution in [0.4, 0.5) is 15.8 Å². The molecule has 2 rings (SSSR count). The first-order valence-corrected chi connectivity index (χ1v) is 6.52. The number of hydrogen-bond acceptors (Lipinski definition) is 3. The summed E-state index contributed by atoms with van der Waals surface area (Å²) in [5.41, 5.74) is 1.82. The lowest BCUT2D eigenvalue weighted by atomic mass is 10.2. The lowest BCUT2D eigenvalue weighted by Gasteiger charge is -2.09. The van der Waals surface area contributed by atoms with Crippen LogP contribution in [0, 0.1) is 12.7 Å². The molecule has 21 heavy (non-hydrogen) atoms. The molecule has 0 aromatic heterocycles. The van der Waals surface area contributed by atoms with Gasteiger partial charge in [0.25, 0.3) is 0 Å². The fourth-order valence-corrected chi connectivity index (χ4v) is 1.76. The van der Waals surface area contributed by atoms with E-state index in [4.69, 9.17) is 4.74 Å². The number of carbonyl (C=O) groups is 1. The Morgan fingerprint density at radius 1 is 1.14 bits per heavy atom. The Morgan fingerprint density at radius 3 is 2.43 bits per heavy atom. The smallest absolute Gasteiger partial charge is 0.243 e. The summed E-state index contributed by atoms with van der Waals surface area (Å²) in [5, 5.41) is 5.62. The molecule has 0 aliphatic rings. The van der Waals surface area contributed by atoms with Crippen molar-refractivity contribution >= 4 is 17.3 Å². The Hall–Kier alpha value is -2.56. The van der Waals surface area contributed by atoms with Crippen molar-refractivity contribution < 1.29 is 13.9 Å². The van der Waals surface area contributed by atoms with E-state index in [-0.39, 0.29) is 18.3 Å². The molecule has 0 radical (unpaired) electrons. The third-order valence-corrected chi connectivity index (χ3v) is 3.00. The van der Waals surface area contributed by atoms with Gasteiger partial charge in [-0.05, 0) is 48.9 Å². The summed E-state index contributed by atoms with van der Waals surface area (Å²) in [5.74, 6) is 0.220. The molecule has 0 atom stereocenters. The molecule has 1 amide bonds. The summed E-state index contributed by atoms with van der Waals surface area (Å²) in [6.45, 7) is 1.75. The van der Waals surface area contributed by atoms with Gasteiger partial charge in [-0.15, -0.1) is 0 Å². The molecule has 0 aliphatic carbocycles. The van der Waals surface area contributed by atoms with E-state index in [1.165, 1.54) is 6.07 Å². The zero-order valence-electron chi connectivity index (χ0n) is 11.9. The number of aryl methyl sites for hydroxylation is 1. The van der Waals surface area contributed by atoms with E-state index >= 15 is 0 Å². The summed E-state index contributed by atoms with van der Waals surface area (Å²) < 4.78 is 18.4. The molecule has 0 heterocycles. The van der Waals surface area contributed by atoms with Crippen LogP contribution in [0.15, 0.2) is 42.5 Å². The number of halogens is 1. The first-order chi connectivity index (χ1) is 10.1. The van der Waals surface area contributed by atoms with Crippen LogP contribution in [0.1, 0.15) is 5.56 Å². The molecule has 4 nitrogen and oxygen atoms in total. The van der Waals surface area contributed by atoms with E-state index in [1.54, 1.807) is 50.4 Å². The lowest BCUT2D eigenvalue weighted by Crippen LogP contribution is -2.21. The maximum absolute atomic E-state index is 13.4. The summed E-state index contributed by atoms with van der Waals surface area (Å²) in [6.07, 6.45) is 0. The topological polar surface area (TPSA) is 50.4 Å². The molecule has 0 fully saturated rings. The van der Waals surface area contributed by atoms with Gasteiger partial charge in [-0.1, -0.05) is 6.07 Å². The molecular weight excluding hydrogens is 271 g/mol. The number of benzene rings is 2. The van der Waals surface area contributed by atoms with Gasteiger partial charge in [0.1, 0.15) is 11.6 Å². The van der Waals surface area contributed by atoms with Gasteiger partial charge in [-0.2, -0.15) is 0 Å². The first-order valence-electron chi connectivity index (χ1n) is 6.52. The van der Waals surface area contributed by atoms with Crippen LogP contribution in [-0.2, 0) is 4.79 Å². The van der Waals surface area contributed by atoms with Gasteiger partial charge < -0.3 is 15.4 Å². The van der Waals surface area contributed by atoms with E-state index in [0.717, 1.165) is 5.75 Å². The minimum absolute atomic E-state index is 0.0640. The number of ether oxygens (including phenoxy) is 1. The number of rotatable bonds is 5. The Balaban J connectivity index is 1.87. The van der Waals surface area contributed by atoms with Gasteiger partial charge in [0.05, 0.1) is 13.7 Å². The van der Waals surface area contributed by atoms with Gasteiger partial charge in [-0.3, -0.25) is 4.79 Å². The molecule has 2 aromatic carbocycles. The third kappa shape index (κ3) is 4.21. The maximum Gasteiger partial charge on any atom is 0.243 e. The number of carbonyl (C=O) groups excluding carboxylic acids is 1. The number of amides is 1. The standard InChI is InChI=1S/C16H17FN2O2/c1-11-3-4-13(9-15(11)17)18-10-16(20)19-12-5-7-14(21-2)8-6-12/h3-9,18H,10H2,1-2H3,(H,19,20). The second kappa shape index (κ2) is 6.74. The molecular formula is C16H17FN2O2. The van der Waals surface area contributed by atoms with Crippen LogP contribution in [0.2, 0.25) is 0 Å². The Kier molecular flexibility index (Phi) is 4.77. The first kappa shape index (κ1) is 14.8. The van der Waals surface area contributed by atoms with Crippen LogP contribution in [0.3, 0.4) is 0 Å². The molecule has 2 aromatic rings. The fraction of sp³-hybridized carbons (Fsp3) is 0.188. The second-order valence-corrected chi connectivity index (χ2v) is 4.59. The van der Waals surface area contributed by atoms with E-state index in [0.29, 0.717) is 16.9 Å². The molecule has 0 saturated heterocycles. The monoisotopic (exact) mass is 288 g/mol. The number of anilines is 2. The van der Waals surface area contributed by atoms with Crippen molar-refractivity contribution in [3.63, 3.8) is 0 Å². The minimum atomic E-state index is -0.296. The van der Waals surface area contributed by atoms with Gasteiger partial charge in [0, 0.05) is 11.4 Å². The quantitative estimate of drug-likeness (QED) is 0.888. The van der Waals surface area contributed by atoms with Gasteiger partial charge in [-0.25, -0.2) is 4.39 Å². The van der Waals surface area contributed by atoms with Crippen LogP contribution >= 0.6 is 0 Å². The molecule has 0 aliphatic heterocycles. The fourth-order valence-electron chi connectivity index (χ4n) is 1.76. The van der Waals surface area contributed by atoms with Crippen molar-refractivity contribution in [2.24, 2.45) is 0 Å². The van der Waals surface area contributed by atoms with Crippen LogP contribution in [0.25, 0.3) is 0 Å². The Bertz CT molecular complexity index is 627. The van der Waals surface area contributed by atoms with Gasteiger partial charge >= 0.3 is 0 Å². The number of methoxy groups -OCH3 is 1. The van der Waals surface area contributed by atoms with Crippen molar-refractivity contribution in [1.29, 1.82) is 0 Å². The van der Waals surface area contributed by atoms with Crippen LogP contribution in [0.5, 0.6) is 5.75 Å². The highest BCUT2D eigenvalue weighted by molar-refractivity contribution is 5.93. The van der Waals surface area contributed by atoms with Crippen molar-refractivity contribution in [2.45, 2.75) is 6.92 Å². The molecule has 0 spiro atoms. The molecule has 5 heteroatoms. The molecule has 110 valence electrons. The summed E-state index contributed by atoms with van der Waals surface area (Å²) in [4.78, 5) is 11.8. The minimum Gasteiger partial charge on any atom is -0.497 e. The summed E-state index contributed by atoms with van der Waals surface area (Å²) in [6, 6.07) is 11.8. The van der Waals surface area contributed by atoms with E-state index in [1.807, 2.05) is 0 Å². The molecule has 0 saturated carbocycles. The number of nitrogens with one attached hydrogen (secondary N) is 2. The maximum atomic E-state index is 13.4. The summed E-state index contributed by atoms with van der Waals surface area (Å²) in [7, 11) is 1.58. The van der Waals surface area contributed by atoms with Crippen molar-refractivity contribution in [3.8, 4) is 5.75 Å². The molecule has 2 N–H and O–H groups in total. The average Bonchev–Trinajstić information content (AvgIpc) is 2.49. The SMILES string of the molecule is COc1ccc(NC(=O)CNc2ccc(C)c(F)c2)cc1. The largest absolute Gasteiger partial charge is 0.497 e. The highest BCUT2D eigenvalue weighted by Gasteiger charge is 2.04. The van der Waals surface area contributed by atoms with Crippen molar-refractivity contribution in [3.05, 3.63) is 53.8 Å². The predicted molar refractivity (Wildman–Crippen MR) is 81.3 cm³/mol. The zero-order chi connectivity index (χ0) is 15.2. The van der Waals surface area contributed by atoms with Gasteiger partial charge in [0.2, 0.25) is 5.91 Å². The molecule has 0 unspecified atom stereocenters. The Morgan fingerprint density at radius 2 is 1.81 bits per heavy atom. The zero-order valence-corrected chi connectivity index (χ0v) is 11.9. The normalized spacial score (nSPS) is 10.0. The third-order valence-electron chi connectivity index (χ3n) is 3.00. The Labute approximate surface area is 122 Å². The highest BCUT2D eigenvalue weighted by Crippen LogP contribution is 2.15. The van der Waals surface area contributed by atoms with Crippen LogP contribution in [-0.4, -0.2) is 19.6 Å². The summed E-state index contributed by atoms with van der Waals surface area (Å²) >= 11 is 0.